The van der Waals surface area contributed by atoms with Crippen molar-refractivity contribution in [1.82, 2.24) is 0 Å². The van der Waals surface area contributed by atoms with E-state index in [1.165, 1.54) is 0 Å². The molecule has 188 valence electrons. The van der Waals surface area contributed by atoms with Crippen LogP contribution in [0.15, 0.2) is 78.9 Å². The normalized spacial score (nSPS) is 11.3. The Bertz CT molecular complexity index is 1060. The van der Waals surface area contributed by atoms with Crippen LogP contribution in [0.1, 0.15) is 41.5 Å². The number of hydrogen-bond acceptors (Lipinski definition) is 3. The molecule has 0 aromatic heterocycles. The minimum atomic E-state index is -3.92. The molecule has 7 heteroatoms. The van der Waals surface area contributed by atoms with Crippen LogP contribution >= 0.6 is 7.92 Å². The SMILES string of the molecule is CC(C)(C)[PH+](c1ccccc1)C(C)(C)C.CS(=O)(=O)[O-].[NH-]c1ccccc1-c1[c-]cccc1.[Pd+2]. The minimum absolute atomic E-state index is 0. The Labute approximate surface area is 221 Å². The van der Waals surface area contributed by atoms with Gasteiger partial charge in [0.05, 0.1) is 25.7 Å². The fraction of sp³-hybridized carbons (Fsp3) is 0.333. The molecule has 0 spiro atoms. The first-order valence-electron chi connectivity index (χ1n) is 10.7. The van der Waals surface area contributed by atoms with Crippen LogP contribution in [0.3, 0.4) is 0 Å². The molecule has 1 N–H and O–H groups in total. The average Bonchev–Trinajstić information content (AvgIpc) is 2.67. The van der Waals surface area contributed by atoms with Gasteiger partial charge in [-0.2, -0.15) is 5.69 Å². The van der Waals surface area contributed by atoms with Gasteiger partial charge in [0.1, 0.15) is 0 Å². The fourth-order valence-corrected chi connectivity index (χ4v) is 8.38. The van der Waals surface area contributed by atoms with Crippen LogP contribution in [0, 0.1) is 6.07 Å². The molecule has 0 saturated carbocycles. The summed E-state index contributed by atoms with van der Waals surface area (Å²) in [5.41, 5.74) is 10.1. The first-order chi connectivity index (χ1) is 15.1. The van der Waals surface area contributed by atoms with Gasteiger partial charge in [0.2, 0.25) is 0 Å². The molecule has 0 saturated heterocycles. The smallest absolute Gasteiger partial charge is 0.748 e. The molecule has 0 radical (unpaired) electrons. The third kappa shape index (κ3) is 12.8. The van der Waals surface area contributed by atoms with E-state index in [9.17, 15) is 0 Å². The van der Waals surface area contributed by atoms with Crippen LogP contribution < -0.4 is 5.30 Å². The topological polar surface area (TPSA) is 81.0 Å². The summed E-state index contributed by atoms with van der Waals surface area (Å²) in [6.07, 6.45) is 0.604. The predicted molar refractivity (Wildman–Crippen MR) is 144 cm³/mol. The fourth-order valence-electron chi connectivity index (χ4n) is 3.87. The number of rotatable bonds is 2. The van der Waals surface area contributed by atoms with E-state index < -0.39 is 18.0 Å². The second-order valence-corrected chi connectivity index (χ2v) is 15.5. The zero-order chi connectivity index (χ0) is 25.3. The van der Waals surface area contributed by atoms with Gasteiger partial charge in [-0.15, -0.1) is 41.5 Å². The molecule has 34 heavy (non-hydrogen) atoms. The Hall–Kier alpha value is -1.54. The van der Waals surface area contributed by atoms with Crippen molar-refractivity contribution in [1.29, 1.82) is 0 Å². The van der Waals surface area contributed by atoms with Crippen LogP contribution in [-0.4, -0.2) is 29.5 Å². The van der Waals surface area contributed by atoms with Crippen molar-refractivity contribution in [2.24, 2.45) is 0 Å². The van der Waals surface area contributed by atoms with E-state index in [0.29, 0.717) is 22.3 Å². The van der Waals surface area contributed by atoms with Crippen molar-refractivity contribution in [3.8, 4) is 11.1 Å². The Morgan fingerprint density at radius 2 is 1.24 bits per heavy atom. The largest absolute Gasteiger partial charge is 2.00 e. The van der Waals surface area contributed by atoms with Crippen LogP contribution in [0.5, 0.6) is 0 Å². The van der Waals surface area contributed by atoms with Gasteiger partial charge in [-0.3, -0.25) is 0 Å². The molecule has 0 aliphatic rings. The van der Waals surface area contributed by atoms with E-state index >= 15 is 0 Å². The maximum atomic E-state index is 9.08. The van der Waals surface area contributed by atoms with Gasteiger partial charge in [-0.1, -0.05) is 42.5 Å². The maximum absolute atomic E-state index is 9.08. The zero-order valence-electron chi connectivity index (χ0n) is 21.0. The van der Waals surface area contributed by atoms with Gasteiger partial charge < -0.3 is 10.3 Å². The molecule has 0 aliphatic carbocycles. The van der Waals surface area contributed by atoms with Gasteiger partial charge >= 0.3 is 20.4 Å². The van der Waals surface area contributed by atoms with Crippen molar-refractivity contribution < 1.29 is 33.4 Å². The molecule has 3 aromatic carbocycles. The summed E-state index contributed by atoms with van der Waals surface area (Å²) in [5.74, 6) is 0. The molecule has 3 rings (SSSR count). The van der Waals surface area contributed by atoms with Gasteiger partial charge in [0.25, 0.3) is 0 Å². The molecule has 0 unspecified atom stereocenters. The molecule has 0 bridgehead atoms. The Morgan fingerprint density at radius 1 is 0.794 bits per heavy atom. The molecule has 0 fully saturated rings. The van der Waals surface area contributed by atoms with Gasteiger partial charge in [-0.25, -0.2) is 8.42 Å². The van der Waals surface area contributed by atoms with E-state index in [-0.39, 0.29) is 20.4 Å². The minimum Gasteiger partial charge on any atom is -0.748 e. The van der Waals surface area contributed by atoms with Crippen LogP contribution in [0.2, 0.25) is 0 Å². The Balaban J connectivity index is 0.000000526. The number of nitrogens with one attached hydrogen (secondary N) is 1. The second kappa shape index (κ2) is 14.1. The number of hydrogen-bond donors (Lipinski definition) is 0. The summed E-state index contributed by atoms with van der Waals surface area (Å²) >= 11 is 0. The van der Waals surface area contributed by atoms with E-state index in [4.69, 9.17) is 18.7 Å². The summed E-state index contributed by atoms with van der Waals surface area (Å²) in [4.78, 5) is 0. The maximum Gasteiger partial charge on any atom is 2.00 e. The molecule has 0 atom stereocenters. The molecule has 0 aliphatic heterocycles. The van der Waals surface area contributed by atoms with E-state index in [1.54, 1.807) is 11.4 Å². The van der Waals surface area contributed by atoms with Crippen molar-refractivity contribution >= 4 is 29.0 Å². The van der Waals surface area contributed by atoms with Crippen LogP contribution in [0.4, 0.5) is 5.69 Å². The molecule has 0 amide bonds. The molecule has 4 nitrogen and oxygen atoms in total. The summed E-state index contributed by atoms with van der Waals surface area (Å²) in [7, 11) is -4.47. The van der Waals surface area contributed by atoms with Crippen LogP contribution in [-0.2, 0) is 30.5 Å². The molecule has 0 heterocycles. The van der Waals surface area contributed by atoms with Crippen molar-refractivity contribution in [2.45, 2.75) is 51.9 Å². The zero-order valence-corrected chi connectivity index (χ0v) is 24.3. The van der Waals surface area contributed by atoms with Crippen molar-refractivity contribution in [3.63, 3.8) is 0 Å². The average molecular weight is 592 g/mol. The monoisotopic (exact) mass is 591 g/mol. The Morgan fingerprint density at radius 3 is 1.65 bits per heavy atom. The van der Waals surface area contributed by atoms with Gasteiger partial charge in [0, 0.05) is 14.2 Å². The van der Waals surface area contributed by atoms with E-state index in [1.807, 2.05) is 42.5 Å². The first kappa shape index (κ1) is 32.5. The summed E-state index contributed by atoms with van der Waals surface area (Å²) in [6.45, 7) is 14.2. The molecular formula is C27H36NO3PPdS. The summed E-state index contributed by atoms with van der Waals surface area (Å²) in [5, 5.41) is 2.37. The van der Waals surface area contributed by atoms with Gasteiger partial charge in [-0.05, 0) is 53.7 Å². The Kier molecular flexibility index (Phi) is 13.5. The summed E-state index contributed by atoms with van der Waals surface area (Å²) < 4.78 is 27.2. The number of benzene rings is 3. The van der Waals surface area contributed by atoms with Crippen LogP contribution in [0.25, 0.3) is 16.9 Å². The second-order valence-electron chi connectivity index (χ2n) is 9.77. The van der Waals surface area contributed by atoms with Crippen molar-refractivity contribution in [3.05, 3.63) is 90.7 Å². The first-order valence-corrected chi connectivity index (χ1v) is 14.0. The van der Waals surface area contributed by atoms with E-state index in [0.717, 1.165) is 11.1 Å². The quantitative estimate of drug-likeness (QED) is 0.138. The third-order valence-corrected chi connectivity index (χ3v) is 8.40. The summed E-state index contributed by atoms with van der Waals surface area (Å²) in [6, 6.07) is 29.4. The van der Waals surface area contributed by atoms with Gasteiger partial charge in [0.15, 0.2) is 0 Å². The third-order valence-electron chi connectivity index (χ3n) is 4.49. The standard InChI is InChI=1S/C14H23P.C12H9N.CH4O3S.Pd/c1-13(2,3)15(14(4,5)6)12-10-8-7-9-11-12;13-12-9-5-4-8-11(12)10-6-2-1-3-7-10;1-5(2,3)4;/h7-11H,1-6H3;1-6,8-9,13H;1H3,(H,2,3,4);/q;-2;;+2. The van der Waals surface area contributed by atoms with Crippen molar-refractivity contribution in [2.75, 3.05) is 6.26 Å². The molecule has 3 aromatic rings. The van der Waals surface area contributed by atoms with E-state index in [2.05, 4.69) is 77.9 Å². The predicted octanol–water partition coefficient (Wildman–Crippen LogP) is 7.12. The molecular weight excluding hydrogens is 556 g/mol.